The molecule has 3 N–H and O–H groups in total. The summed E-state index contributed by atoms with van der Waals surface area (Å²) in [6, 6.07) is 2.96. The number of methoxy groups -OCH3 is 1. The molecule has 1 saturated carbocycles. The van der Waals surface area contributed by atoms with E-state index in [0.717, 1.165) is 12.8 Å². The SMILES string of the molecule is COc1c(Br)cc(Cl)cc1S(=O)(=O)NC(C)(CN)C1CC1.Cl. The fourth-order valence-electron chi connectivity index (χ4n) is 2.31. The minimum atomic E-state index is -3.79. The fraction of sp³-hybridized carbons (Fsp3) is 0.538. The lowest BCUT2D eigenvalue weighted by molar-refractivity contribution is 0.370. The molecule has 0 spiro atoms. The summed E-state index contributed by atoms with van der Waals surface area (Å²) < 4.78 is 33.8. The van der Waals surface area contributed by atoms with Crippen molar-refractivity contribution in [2.45, 2.75) is 30.2 Å². The zero-order valence-electron chi connectivity index (χ0n) is 12.2. The van der Waals surface area contributed by atoms with Gasteiger partial charge in [0.25, 0.3) is 0 Å². The molecule has 0 aromatic heterocycles. The number of rotatable bonds is 6. The number of hydrogen-bond acceptors (Lipinski definition) is 4. The third-order valence-electron chi connectivity index (χ3n) is 3.74. The Hall–Kier alpha value is -0.0500. The van der Waals surface area contributed by atoms with Crippen molar-refractivity contribution < 1.29 is 13.2 Å². The molecule has 0 heterocycles. The summed E-state index contributed by atoms with van der Waals surface area (Å²) >= 11 is 9.22. The molecule has 2 rings (SSSR count). The Kier molecular flexibility index (Phi) is 6.58. The van der Waals surface area contributed by atoms with Crippen molar-refractivity contribution in [3.8, 4) is 5.75 Å². The van der Waals surface area contributed by atoms with Gasteiger partial charge in [-0.05, 0) is 53.7 Å². The molecule has 1 aromatic carbocycles. The van der Waals surface area contributed by atoms with E-state index in [1.807, 2.05) is 6.92 Å². The van der Waals surface area contributed by atoms with Crippen molar-refractivity contribution in [3.05, 3.63) is 21.6 Å². The highest BCUT2D eigenvalue weighted by Crippen LogP contribution is 2.41. The van der Waals surface area contributed by atoms with Gasteiger partial charge in [0.05, 0.1) is 11.6 Å². The lowest BCUT2D eigenvalue weighted by Crippen LogP contribution is -2.53. The van der Waals surface area contributed by atoms with Crippen molar-refractivity contribution in [1.29, 1.82) is 0 Å². The van der Waals surface area contributed by atoms with E-state index in [1.165, 1.54) is 13.2 Å². The zero-order valence-corrected chi connectivity index (χ0v) is 16.2. The molecule has 1 fully saturated rings. The van der Waals surface area contributed by atoms with Gasteiger partial charge in [-0.3, -0.25) is 0 Å². The number of nitrogens with two attached hydrogens (primary N) is 1. The molecule has 126 valence electrons. The summed E-state index contributed by atoms with van der Waals surface area (Å²) in [5.41, 5.74) is 5.12. The molecule has 1 aliphatic carbocycles. The third kappa shape index (κ3) is 4.07. The summed E-state index contributed by atoms with van der Waals surface area (Å²) in [5.74, 6) is 0.493. The standard InChI is InChI=1S/C13H18BrClN2O3S.ClH/c1-13(7-16,8-3-4-8)17-21(18,19)11-6-9(15)5-10(14)12(11)20-2;/h5-6,8,17H,3-4,7,16H2,1-2H3;1H. The highest BCUT2D eigenvalue weighted by molar-refractivity contribution is 9.10. The predicted molar refractivity (Wildman–Crippen MR) is 93.5 cm³/mol. The molecule has 0 bridgehead atoms. The Morgan fingerprint density at radius 2 is 2.09 bits per heavy atom. The van der Waals surface area contributed by atoms with Crippen LogP contribution in [0.2, 0.25) is 5.02 Å². The normalized spacial score (nSPS) is 17.5. The average Bonchev–Trinajstić information content (AvgIpc) is 3.22. The largest absolute Gasteiger partial charge is 0.494 e. The number of benzene rings is 1. The number of nitrogens with one attached hydrogen (secondary N) is 1. The lowest BCUT2D eigenvalue weighted by Gasteiger charge is -2.29. The van der Waals surface area contributed by atoms with Gasteiger partial charge in [-0.15, -0.1) is 12.4 Å². The molecule has 5 nitrogen and oxygen atoms in total. The van der Waals surface area contributed by atoms with Crippen LogP contribution in [-0.4, -0.2) is 27.6 Å². The first-order valence-electron chi connectivity index (χ1n) is 6.50. The van der Waals surface area contributed by atoms with Crippen molar-refractivity contribution in [3.63, 3.8) is 0 Å². The first-order chi connectivity index (χ1) is 9.73. The van der Waals surface area contributed by atoms with Crippen LogP contribution in [0.5, 0.6) is 5.75 Å². The highest BCUT2D eigenvalue weighted by atomic mass is 79.9. The monoisotopic (exact) mass is 432 g/mol. The van der Waals surface area contributed by atoms with Crippen LogP contribution in [-0.2, 0) is 10.0 Å². The molecule has 1 aliphatic rings. The Morgan fingerprint density at radius 1 is 1.50 bits per heavy atom. The number of hydrogen-bond donors (Lipinski definition) is 2. The molecule has 0 amide bonds. The molecule has 1 aromatic rings. The van der Waals surface area contributed by atoms with Gasteiger partial charge in [0.2, 0.25) is 10.0 Å². The second kappa shape index (κ2) is 7.23. The molecule has 22 heavy (non-hydrogen) atoms. The van der Waals surface area contributed by atoms with Gasteiger partial charge in [0, 0.05) is 17.1 Å². The smallest absolute Gasteiger partial charge is 0.244 e. The highest BCUT2D eigenvalue weighted by Gasteiger charge is 2.43. The second-order valence-electron chi connectivity index (χ2n) is 5.42. The molecule has 9 heteroatoms. The maximum Gasteiger partial charge on any atom is 0.244 e. The van der Waals surface area contributed by atoms with Crippen molar-refractivity contribution >= 4 is 50.0 Å². The Bertz CT molecular complexity index is 653. The van der Waals surface area contributed by atoms with Gasteiger partial charge >= 0.3 is 0 Å². The Balaban J connectivity index is 0.00000242. The van der Waals surface area contributed by atoms with Crippen LogP contribution in [0.25, 0.3) is 0 Å². The van der Waals surface area contributed by atoms with Gasteiger partial charge in [-0.2, -0.15) is 0 Å². The van der Waals surface area contributed by atoms with E-state index in [4.69, 9.17) is 22.1 Å². The maximum atomic E-state index is 12.7. The van der Waals surface area contributed by atoms with Crippen LogP contribution in [0.15, 0.2) is 21.5 Å². The van der Waals surface area contributed by atoms with Crippen LogP contribution in [0.3, 0.4) is 0 Å². The van der Waals surface area contributed by atoms with E-state index in [2.05, 4.69) is 20.7 Å². The molecule has 1 atom stereocenters. The lowest BCUT2D eigenvalue weighted by atomic mass is 9.98. The van der Waals surface area contributed by atoms with E-state index in [0.29, 0.717) is 9.50 Å². The number of sulfonamides is 1. The predicted octanol–water partition coefficient (Wildman–Crippen LogP) is 2.94. The zero-order chi connectivity index (χ0) is 15.8. The number of ether oxygens (including phenoxy) is 1. The summed E-state index contributed by atoms with van der Waals surface area (Å²) in [5, 5.41) is 0.309. The minimum Gasteiger partial charge on any atom is -0.494 e. The first-order valence-corrected chi connectivity index (χ1v) is 9.16. The molecule has 0 radical (unpaired) electrons. The van der Waals surface area contributed by atoms with Crippen LogP contribution < -0.4 is 15.2 Å². The van der Waals surface area contributed by atoms with Gasteiger partial charge in [0.1, 0.15) is 4.90 Å². The van der Waals surface area contributed by atoms with Gasteiger partial charge in [0.15, 0.2) is 5.75 Å². The van der Waals surface area contributed by atoms with Crippen molar-refractivity contribution in [2.75, 3.05) is 13.7 Å². The molecule has 0 aliphatic heterocycles. The Labute approximate surface area is 150 Å². The average molecular weight is 434 g/mol. The van der Waals surface area contributed by atoms with E-state index < -0.39 is 15.6 Å². The van der Waals surface area contributed by atoms with Crippen LogP contribution >= 0.6 is 39.9 Å². The second-order valence-corrected chi connectivity index (χ2v) is 8.36. The van der Waals surface area contributed by atoms with Crippen LogP contribution in [0.1, 0.15) is 19.8 Å². The topological polar surface area (TPSA) is 81.4 Å². The number of halogens is 3. The van der Waals surface area contributed by atoms with E-state index in [1.54, 1.807) is 6.07 Å². The van der Waals surface area contributed by atoms with Gasteiger partial charge in [-0.25, -0.2) is 13.1 Å². The quantitative estimate of drug-likeness (QED) is 0.722. The van der Waals surface area contributed by atoms with Crippen LogP contribution in [0, 0.1) is 5.92 Å². The molecule has 1 unspecified atom stereocenters. The van der Waals surface area contributed by atoms with Gasteiger partial charge in [-0.1, -0.05) is 11.6 Å². The Morgan fingerprint density at radius 3 is 2.55 bits per heavy atom. The van der Waals surface area contributed by atoms with E-state index >= 15 is 0 Å². The summed E-state index contributed by atoms with van der Waals surface area (Å²) in [7, 11) is -2.38. The van der Waals surface area contributed by atoms with E-state index in [9.17, 15) is 8.42 Å². The van der Waals surface area contributed by atoms with E-state index in [-0.39, 0.29) is 35.5 Å². The molecule has 0 saturated heterocycles. The maximum absolute atomic E-state index is 12.7. The summed E-state index contributed by atoms with van der Waals surface area (Å²) in [6.07, 6.45) is 1.96. The summed E-state index contributed by atoms with van der Waals surface area (Å²) in [6.45, 7) is 2.06. The first kappa shape index (κ1) is 20.0. The third-order valence-corrected chi connectivity index (χ3v) is 6.16. The van der Waals surface area contributed by atoms with Gasteiger partial charge < -0.3 is 10.5 Å². The minimum absolute atomic E-state index is 0. The van der Waals surface area contributed by atoms with Crippen molar-refractivity contribution in [2.24, 2.45) is 11.7 Å². The van der Waals surface area contributed by atoms with Crippen molar-refractivity contribution in [1.82, 2.24) is 4.72 Å². The van der Waals surface area contributed by atoms with Crippen LogP contribution in [0.4, 0.5) is 0 Å². The summed E-state index contributed by atoms with van der Waals surface area (Å²) in [4.78, 5) is 0.00435. The molecular weight excluding hydrogens is 415 g/mol. The fourth-order valence-corrected chi connectivity index (χ4v) is 5.17. The molecular formula is C13H19BrCl2N2O3S.